The number of anilines is 1. The molecule has 2 nitrogen and oxygen atoms in total. The van der Waals surface area contributed by atoms with Crippen LogP contribution in [0, 0.1) is 0 Å². The molecule has 0 aliphatic heterocycles. The van der Waals surface area contributed by atoms with Crippen molar-refractivity contribution in [3.8, 4) is 0 Å². The smallest absolute Gasteiger partial charge is 0.0474 e. The molecule has 2 heteroatoms. The molecule has 12 heavy (non-hydrogen) atoms. The molecule has 0 spiro atoms. The van der Waals surface area contributed by atoms with E-state index >= 15 is 0 Å². The van der Waals surface area contributed by atoms with E-state index in [2.05, 4.69) is 48.2 Å². The molecule has 1 aromatic heterocycles. The molecule has 0 atom stereocenters. The van der Waals surface area contributed by atoms with Gasteiger partial charge < -0.3 is 9.88 Å². The lowest BCUT2D eigenvalue weighted by Crippen LogP contribution is -2.08. The Balaban J connectivity index is 2.73. The fourth-order valence-corrected chi connectivity index (χ4v) is 1.46. The summed E-state index contributed by atoms with van der Waals surface area (Å²) in [7, 11) is 4.11. The molecule has 0 aliphatic carbocycles. The van der Waals surface area contributed by atoms with Gasteiger partial charge in [0.2, 0.25) is 0 Å². The van der Waals surface area contributed by atoms with Gasteiger partial charge in [0.1, 0.15) is 0 Å². The molecular weight excluding hydrogens is 148 g/mol. The summed E-state index contributed by atoms with van der Waals surface area (Å²) >= 11 is 0. The maximum absolute atomic E-state index is 3.19. The highest BCUT2D eigenvalue weighted by atomic mass is 15.1. The molecule has 0 amide bonds. The minimum atomic E-state index is 1.20. The molecule has 0 radical (unpaired) electrons. The van der Waals surface area contributed by atoms with Gasteiger partial charge in [-0.1, -0.05) is 6.07 Å². The topological polar surface area (TPSA) is 19.0 Å². The Kier molecular flexibility index (Phi) is 1.54. The van der Waals surface area contributed by atoms with Crippen molar-refractivity contribution >= 4 is 16.6 Å². The Labute approximate surface area is 71.8 Å². The van der Waals surface area contributed by atoms with Gasteiger partial charge in [0.15, 0.2) is 0 Å². The van der Waals surface area contributed by atoms with E-state index in [-0.39, 0.29) is 0 Å². The highest BCUT2D eigenvalue weighted by Gasteiger charge is 2.01. The Morgan fingerprint density at radius 2 is 2.00 bits per heavy atom. The fourth-order valence-electron chi connectivity index (χ4n) is 1.46. The van der Waals surface area contributed by atoms with Gasteiger partial charge in [-0.15, -0.1) is 0 Å². The number of benzene rings is 1. The highest BCUT2D eigenvalue weighted by molar-refractivity contribution is 5.92. The molecule has 0 saturated heterocycles. The van der Waals surface area contributed by atoms with Gasteiger partial charge in [-0.25, -0.2) is 0 Å². The molecule has 0 unspecified atom stereocenters. The van der Waals surface area contributed by atoms with Crippen molar-refractivity contribution in [1.29, 1.82) is 0 Å². The number of aromatic amines is 1. The lowest BCUT2D eigenvalue weighted by molar-refractivity contribution is 1.14. The zero-order valence-electron chi connectivity index (χ0n) is 7.33. The predicted octanol–water partition coefficient (Wildman–Crippen LogP) is 2.23. The van der Waals surface area contributed by atoms with Crippen molar-refractivity contribution in [1.82, 2.24) is 4.98 Å². The second-order valence-corrected chi connectivity index (χ2v) is 3.11. The summed E-state index contributed by atoms with van der Waals surface area (Å²) in [5, 5.41) is 1.28. The molecule has 0 fully saturated rings. The van der Waals surface area contributed by atoms with Crippen LogP contribution in [-0.2, 0) is 0 Å². The third-order valence-corrected chi connectivity index (χ3v) is 2.05. The van der Waals surface area contributed by atoms with Crippen LogP contribution in [0.4, 0.5) is 5.69 Å². The van der Waals surface area contributed by atoms with Gasteiger partial charge in [0.25, 0.3) is 0 Å². The summed E-state index contributed by atoms with van der Waals surface area (Å²) in [6.07, 6.45) is 1.97. The first kappa shape index (κ1) is 7.22. The Morgan fingerprint density at radius 1 is 1.17 bits per heavy atom. The summed E-state index contributed by atoms with van der Waals surface area (Å²) < 4.78 is 0. The molecule has 0 saturated carbocycles. The molecule has 0 bridgehead atoms. The monoisotopic (exact) mass is 160 g/mol. The number of nitrogens with zero attached hydrogens (tertiary/aromatic N) is 1. The van der Waals surface area contributed by atoms with Gasteiger partial charge in [0.05, 0.1) is 0 Å². The van der Waals surface area contributed by atoms with E-state index in [0.717, 1.165) is 0 Å². The molecule has 62 valence electrons. The summed E-state index contributed by atoms with van der Waals surface area (Å²) in [5.74, 6) is 0. The van der Waals surface area contributed by atoms with E-state index in [4.69, 9.17) is 0 Å². The lowest BCUT2D eigenvalue weighted by atomic mass is 10.2. The van der Waals surface area contributed by atoms with Crippen LogP contribution in [0.15, 0.2) is 30.5 Å². The second-order valence-electron chi connectivity index (χ2n) is 3.11. The maximum Gasteiger partial charge on any atom is 0.0474 e. The first-order valence-corrected chi connectivity index (χ1v) is 4.02. The van der Waals surface area contributed by atoms with Crippen LogP contribution in [0.25, 0.3) is 10.9 Å². The SMILES string of the molecule is CN(C)c1cccc2[nH]ccc12. The van der Waals surface area contributed by atoms with E-state index in [9.17, 15) is 0 Å². The van der Waals surface area contributed by atoms with E-state index in [1.54, 1.807) is 0 Å². The molecule has 0 aliphatic rings. The van der Waals surface area contributed by atoms with E-state index < -0.39 is 0 Å². The number of hydrogen-bond acceptors (Lipinski definition) is 1. The summed E-state index contributed by atoms with van der Waals surface area (Å²) in [4.78, 5) is 5.31. The van der Waals surface area contributed by atoms with E-state index in [1.165, 1.54) is 16.6 Å². The van der Waals surface area contributed by atoms with Crippen LogP contribution < -0.4 is 4.90 Å². The van der Waals surface area contributed by atoms with Gasteiger partial charge in [0, 0.05) is 36.9 Å². The summed E-state index contributed by atoms with van der Waals surface area (Å²) in [6, 6.07) is 8.37. The van der Waals surface area contributed by atoms with Crippen LogP contribution in [0.2, 0.25) is 0 Å². The van der Waals surface area contributed by atoms with Crippen LogP contribution in [0.3, 0.4) is 0 Å². The molecular formula is C10H12N2. The zero-order chi connectivity index (χ0) is 8.55. The van der Waals surface area contributed by atoms with Crippen molar-refractivity contribution < 1.29 is 0 Å². The molecule has 1 aromatic carbocycles. The summed E-state index contributed by atoms with van der Waals surface area (Å²) in [6.45, 7) is 0. The average Bonchev–Trinajstić information content (AvgIpc) is 2.49. The number of nitrogens with one attached hydrogen (secondary N) is 1. The van der Waals surface area contributed by atoms with Crippen LogP contribution in [-0.4, -0.2) is 19.1 Å². The van der Waals surface area contributed by atoms with Crippen LogP contribution in [0.1, 0.15) is 0 Å². The number of H-pyrrole nitrogens is 1. The molecule has 2 aromatic rings. The van der Waals surface area contributed by atoms with Crippen molar-refractivity contribution in [3.05, 3.63) is 30.5 Å². The molecule has 1 heterocycles. The van der Waals surface area contributed by atoms with Crippen molar-refractivity contribution in [3.63, 3.8) is 0 Å². The number of hydrogen-bond donors (Lipinski definition) is 1. The number of aromatic nitrogens is 1. The van der Waals surface area contributed by atoms with Gasteiger partial charge >= 0.3 is 0 Å². The predicted molar refractivity (Wildman–Crippen MR) is 52.6 cm³/mol. The minimum absolute atomic E-state index is 1.20. The largest absolute Gasteiger partial charge is 0.377 e. The third kappa shape index (κ3) is 0.961. The normalized spacial score (nSPS) is 10.5. The van der Waals surface area contributed by atoms with Crippen LogP contribution >= 0.6 is 0 Å². The second kappa shape index (κ2) is 2.55. The lowest BCUT2D eigenvalue weighted by Gasteiger charge is -2.12. The Hall–Kier alpha value is -1.44. The zero-order valence-corrected chi connectivity index (χ0v) is 7.33. The van der Waals surface area contributed by atoms with E-state index in [1.807, 2.05) is 6.20 Å². The first-order chi connectivity index (χ1) is 5.79. The Bertz CT molecular complexity index is 387. The maximum atomic E-state index is 3.19. The summed E-state index contributed by atoms with van der Waals surface area (Å²) in [5.41, 5.74) is 2.45. The van der Waals surface area contributed by atoms with Crippen LogP contribution in [0.5, 0.6) is 0 Å². The van der Waals surface area contributed by atoms with Crippen molar-refractivity contribution in [2.24, 2.45) is 0 Å². The molecule has 2 rings (SSSR count). The van der Waals surface area contributed by atoms with Gasteiger partial charge in [-0.05, 0) is 18.2 Å². The quantitative estimate of drug-likeness (QED) is 0.677. The highest BCUT2D eigenvalue weighted by Crippen LogP contribution is 2.23. The molecule has 1 N–H and O–H groups in total. The Morgan fingerprint density at radius 3 is 2.75 bits per heavy atom. The first-order valence-electron chi connectivity index (χ1n) is 4.02. The average molecular weight is 160 g/mol. The fraction of sp³-hybridized carbons (Fsp3) is 0.200. The van der Waals surface area contributed by atoms with Gasteiger partial charge in [-0.3, -0.25) is 0 Å². The minimum Gasteiger partial charge on any atom is -0.377 e. The van der Waals surface area contributed by atoms with E-state index in [0.29, 0.717) is 0 Å². The number of fused-ring (bicyclic) bond motifs is 1. The van der Waals surface area contributed by atoms with Gasteiger partial charge in [-0.2, -0.15) is 0 Å². The number of rotatable bonds is 1. The third-order valence-electron chi connectivity index (χ3n) is 2.05. The van der Waals surface area contributed by atoms with Crippen molar-refractivity contribution in [2.45, 2.75) is 0 Å². The standard InChI is InChI=1S/C10H12N2/c1-12(2)10-5-3-4-9-8(10)6-7-11-9/h3-7,11H,1-2H3. The van der Waals surface area contributed by atoms with Crippen molar-refractivity contribution in [2.75, 3.05) is 19.0 Å².